The molecule has 1 N–H and O–H groups in total. The summed E-state index contributed by atoms with van der Waals surface area (Å²) in [7, 11) is 0. The number of hydrogen-bond donors (Lipinski definition) is 1. The first kappa shape index (κ1) is 9.20. The van der Waals surface area contributed by atoms with Gasteiger partial charge in [0.25, 0.3) is 0 Å². The summed E-state index contributed by atoms with van der Waals surface area (Å²) >= 11 is 0. The number of halogens is 1. The van der Waals surface area contributed by atoms with Gasteiger partial charge in [-0.15, -0.1) is 0 Å². The van der Waals surface area contributed by atoms with Gasteiger partial charge in [0.05, 0.1) is 6.67 Å². The van der Waals surface area contributed by atoms with Crippen LogP contribution in [-0.2, 0) is 0 Å². The summed E-state index contributed by atoms with van der Waals surface area (Å²) in [6.07, 6.45) is 0.501. The van der Waals surface area contributed by atoms with Gasteiger partial charge in [0.2, 0.25) is 0 Å². The lowest BCUT2D eigenvalue weighted by Gasteiger charge is -2.10. The van der Waals surface area contributed by atoms with Crippen LogP contribution in [0, 0.1) is 0 Å². The first-order chi connectivity index (χ1) is 5.88. The standard InChI is InChI=1S/C10H13FO/c11-8-10(6-7-12)9-4-2-1-3-5-9/h1-5,10,12H,6-8H2/t10-/m0/s1. The van der Waals surface area contributed by atoms with Crippen LogP contribution < -0.4 is 0 Å². The molecule has 2 heteroatoms. The minimum atomic E-state index is -0.398. The lowest BCUT2D eigenvalue weighted by atomic mass is 9.98. The third-order valence-electron chi connectivity index (χ3n) is 1.93. The van der Waals surface area contributed by atoms with E-state index < -0.39 is 6.67 Å². The Hall–Kier alpha value is -0.890. The second-order valence-corrected chi connectivity index (χ2v) is 2.77. The first-order valence-corrected chi connectivity index (χ1v) is 4.10. The Kier molecular flexibility index (Phi) is 3.74. The molecule has 12 heavy (non-hydrogen) atoms. The lowest BCUT2D eigenvalue weighted by molar-refractivity contribution is 0.262. The Labute approximate surface area is 71.9 Å². The van der Waals surface area contributed by atoms with Gasteiger partial charge >= 0.3 is 0 Å². The fourth-order valence-electron chi connectivity index (χ4n) is 1.21. The van der Waals surface area contributed by atoms with Crippen molar-refractivity contribution in [1.82, 2.24) is 0 Å². The van der Waals surface area contributed by atoms with E-state index in [2.05, 4.69) is 0 Å². The van der Waals surface area contributed by atoms with E-state index in [9.17, 15) is 4.39 Å². The minimum absolute atomic E-state index is 0.0451. The van der Waals surface area contributed by atoms with Crippen molar-refractivity contribution < 1.29 is 9.50 Å². The fraction of sp³-hybridized carbons (Fsp3) is 0.400. The van der Waals surface area contributed by atoms with E-state index in [1.54, 1.807) is 0 Å². The molecule has 1 atom stereocenters. The molecule has 0 radical (unpaired) electrons. The Bertz CT molecular complexity index is 210. The van der Waals surface area contributed by atoms with Crippen molar-refractivity contribution in [3.05, 3.63) is 35.9 Å². The van der Waals surface area contributed by atoms with Gasteiger partial charge in [0, 0.05) is 12.5 Å². The van der Waals surface area contributed by atoms with Crippen molar-refractivity contribution in [2.75, 3.05) is 13.3 Å². The maximum absolute atomic E-state index is 12.4. The van der Waals surface area contributed by atoms with E-state index in [0.717, 1.165) is 5.56 Å². The Morgan fingerprint density at radius 1 is 1.25 bits per heavy atom. The van der Waals surface area contributed by atoms with Gasteiger partial charge in [0.15, 0.2) is 0 Å². The lowest BCUT2D eigenvalue weighted by Crippen LogP contribution is -2.03. The molecule has 0 unspecified atom stereocenters. The van der Waals surface area contributed by atoms with Gasteiger partial charge in [0.1, 0.15) is 0 Å². The molecule has 0 spiro atoms. The molecular weight excluding hydrogens is 155 g/mol. The first-order valence-electron chi connectivity index (χ1n) is 4.10. The predicted octanol–water partition coefficient (Wildman–Crippen LogP) is 2.12. The average molecular weight is 168 g/mol. The molecule has 0 aromatic heterocycles. The molecular formula is C10H13FO. The summed E-state index contributed by atoms with van der Waals surface area (Å²) in [4.78, 5) is 0. The highest BCUT2D eigenvalue weighted by Gasteiger charge is 2.08. The highest BCUT2D eigenvalue weighted by molar-refractivity contribution is 5.19. The summed E-state index contributed by atoms with van der Waals surface area (Å²) < 4.78 is 12.4. The molecule has 1 nitrogen and oxygen atoms in total. The zero-order valence-electron chi connectivity index (χ0n) is 6.91. The summed E-state index contributed by atoms with van der Waals surface area (Å²) in [6, 6.07) is 9.45. The van der Waals surface area contributed by atoms with E-state index in [1.807, 2.05) is 30.3 Å². The Morgan fingerprint density at radius 2 is 1.92 bits per heavy atom. The number of hydrogen-bond acceptors (Lipinski definition) is 1. The fourth-order valence-corrected chi connectivity index (χ4v) is 1.21. The Balaban J connectivity index is 2.66. The smallest absolute Gasteiger partial charge is 0.0963 e. The van der Waals surface area contributed by atoms with Gasteiger partial charge in [-0.05, 0) is 12.0 Å². The van der Waals surface area contributed by atoms with E-state index in [4.69, 9.17) is 5.11 Å². The van der Waals surface area contributed by atoms with Gasteiger partial charge in [-0.25, -0.2) is 0 Å². The molecule has 0 amide bonds. The van der Waals surface area contributed by atoms with Gasteiger partial charge in [-0.1, -0.05) is 30.3 Å². The van der Waals surface area contributed by atoms with Crippen molar-refractivity contribution in [1.29, 1.82) is 0 Å². The molecule has 0 heterocycles. The zero-order valence-corrected chi connectivity index (χ0v) is 6.91. The molecule has 1 rings (SSSR count). The highest BCUT2D eigenvalue weighted by Crippen LogP contribution is 2.18. The van der Waals surface area contributed by atoms with Crippen LogP contribution in [0.2, 0.25) is 0 Å². The van der Waals surface area contributed by atoms with E-state index in [0.29, 0.717) is 6.42 Å². The van der Waals surface area contributed by atoms with Crippen LogP contribution in [0.3, 0.4) is 0 Å². The SMILES string of the molecule is OCC[C@@H](CF)c1ccccc1. The number of benzene rings is 1. The predicted molar refractivity (Wildman–Crippen MR) is 46.9 cm³/mol. The van der Waals surface area contributed by atoms with Crippen molar-refractivity contribution >= 4 is 0 Å². The van der Waals surface area contributed by atoms with E-state index in [1.165, 1.54) is 0 Å². The van der Waals surface area contributed by atoms with Crippen LogP contribution in [-0.4, -0.2) is 18.4 Å². The third-order valence-corrected chi connectivity index (χ3v) is 1.93. The second kappa shape index (κ2) is 4.88. The molecule has 0 saturated carbocycles. The van der Waals surface area contributed by atoms with Crippen molar-refractivity contribution in [2.24, 2.45) is 0 Å². The van der Waals surface area contributed by atoms with E-state index in [-0.39, 0.29) is 12.5 Å². The number of alkyl halides is 1. The van der Waals surface area contributed by atoms with Crippen molar-refractivity contribution in [3.8, 4) is 0 Å². The van der Waals surface area contributed by atoms with Crippen LogP contribution >= 0.6 is 0 Å². The molecule has 0 bridgehead atoms. The maximum Gasteiger partial charge on any atom is 0.0963 e. The van der Waals surface area contributed by atoms with Crippen molar-refractivity contribution in [2.45, 2.75) is 12.3 Å². The second-order valence-electron chi connectivity index (χ2n) is 2.77. The quantitative estimate of drug-likeness (QED) is 0.730. The highest BCUT2D eigenvalue weighted by atomic mass is 19.1. The topological polar surface area (TPSA) is 20.2 Å². The minimum Gasteiger partial charge on any atom is -0.396 e. The monoisotopic (exact) mass is 168 g/mol. The van der Waals surface area contributed by atoms with Crippen LogP contribution in [0.4, 0.5) is 4.39 Å². The van der Waals surface area contributed by atoms with Gasteiger partial charge in [-0.2, -0.15) is 0 Å². The van der Waals surface area contributed by atoms with Crippen molar-refractivity contribution in [3.63, 3.8) is 0 Å². The van der Waals surface area contributed by atoms with Crippen LogP contribution in [0.25, 0.3) is 0 Å². The number of aliphatic hydroxyl groups is 1. The summed E-state index contributed by atoms with van der Waals surface area (Å²) in [5, 5.41) is 8.66. The average Bonchev–Trinajstić information content (AvgIpc) is 2.15. The van der Waals surface area contributed by atoms with Crippen LogP contribution in [0.15, 0.2) is 30.3 Å². The molecule has 0 aliphatic heterocycles. The van der Waals surface area contributed by atoms with Gasteiger partial charge in [-0.3, -0.25) is 4.39 Å². The Morgan fingerprint density at radius 3 is 2.42 bits per heavy atom. The van der Waals surface area contributed by atoms with E-state index >= 15 is 0 Å². The molecule has 1 aromatic rings. The summed E-state index contributed by atoms with van der Waals surface area (Å²) in [5.41, 5.74) is 0.967. The number of rotatable bonds is 4. The molecule has 0 aliphatic carbocycles. The third kappa shape index (κ3) is 2.31. The molecule has 66 valence electrons. The van der Waals surface area contributed by atoms with Crippen LogP contribution in [0.5, 0.6) is 0 Å². The summed E-state index contributed by atoms with van der Waals surface area (Å²) in [6.45, 7) is -0.353. The normalized spacial score (nSPS) is 12.8. The molecule has 0 fully saturated rings. The zero-order chi connectivity index (χ0) is 8.81. The summed E-state index contributed by atoms with van der Waals surface area (Å²) in [5.74, 6) is -0.142. The number of aliphatic hydroxyl groups excluding tert-OH is 1. The molecule has 0 aliphatic rings. The van der Waals surface area contributed by atoms with Crippen LogP contribution in [0.1, 0.15) is 17.9 Å². The molecule has 1 aromatic carbocycles. The largest absolute Gasteiger partial charge is 0.396 e. The van der Waals surface area contributed by atoms with Gasteiger partial charge < -0.3 is 5.11 Å². The molecule has 0 saturated heterocycles. The maximum atomic E-state index is 12.4.